The molecule has 0 aliphatic carbocycles. The zero-order valence-electron chi connectivity index (χ0n) is 15.0. The van der Waals surface area contributed by atoms with Gasteiger partial charge in [-0.1, -0.05) is 11.6 Å². The minimum absolute atomic E-state index is 0.0986. The molecule has 27 heavy (non-hydrogen) atoms. The molecule has 1 aliphatic rings. The van der Waals surface area contributed by atoms with E-state index in [0.29, 0.717) is 29.5 Å². The van der Waals surface area contributed by atoms with Crippen LogP contribution in [0.1, 0.15) is 6.92 Å². The van der Waals surface area contributed by atoms with Crippen LogP contribution in [0.15, 0.2) is 42.6 Å². The van der Waals surface area contributed by atoms with Gasteiger partial charge in [-0.25, -0.2) is 4.98 Å². The van der Waals surface area contributed by atoms with Crippen molar-refractivity contribution >= 4 is 34.9 Å². The van der Waals surface area contributed by atoms with Gasteiger partial charge in [0.25, 0.3) is 5.91 Å². The first-order chi connectivity index (χ1) is 13.0. The first-order valence-corrected chi connectivity index (χ1v) is 9.04. The summed E-state index contributed by atoms with van der Waals surface area (Å²) in [5.74, 6) is 1.23. The normalized spacial score (nSPS) is 14.0. The number of carbonyl (C=O) groups excluding carboxylic acids is 2. The van der Waals surface area contributed by atoms with E-state index < -0.39 is 0 Å². The molecular weight excluding hydrogens is 368 g/mol. The van der Waals surface area contributed by atoms with Crippen molar-refractivity contribution < 1.29 is 14.3 Å². The fourth-order valence-electron chi connectivity index (χ4n) is 2.77. The lowest BCUT2D eigenvalue weighted by Crippen LogP contribution is -2.48. The number of hydrogen-bond donors (Lipinski definition) is 1. The number of rotatable bonds is 5. The third-order valence-corrected chi connectivity index (χ3v) is 4.52. The van der Waals surface area contributed by atoms with Crippen LogP contribution in [-0.2, 0) is 9.59 Å². The van der Waals surface area contributed by atoms with Gasteiger partial charge in [0.05, 0.1) is 11.9 Å². The van der Waals surface area contributed by atoms with Crippen LogP contribution < -0.4 is 15.0 Å². The van der Waals surface area contributed by atoms with Crippen molar-refractivity contribution in [2.75, 3.05) is 43.0 Å². The Hall–Kier alpha value is -2.80. The quantitative estimate of drug-likeness (QED) is 0.851. The van der Waals surface area contributed by atoms with E-state index in [9.17, 15) is 9.59 Å². The minimum atomic E-state index is -0.269. The molecule has 1 N–H and O–H groups in total. The highest BCUT2D eigenvalue weighted by molar-refractivity contribution is 6.30. The number of nitrogens with zero attached hydrogens (tertiary/aromatic N) is 3. The van der Waals surface area contributed by atoms with Crippen LogP contribution in [0.4, 0.5) is 11.5 Å². The average molecular weight is 389 g/mol. The highest BCUT2D eigenvalue weighted by atomic mass is 35.5. The summed E-state index contributed by atoms with van der Waals surface area (Å²) in [5, 5.41) is 3.36. The molecule has 1 aromatic heterocycles. The predicted octanol–water partition coefficient (Wildman–Crippen LogP) is 2.42. The molecular formula is C19H21ClN4O3. The molecule has 2 amide bonds. The van der Waals surface area contributed by atoms with E-state index in [0.717, 1.165) is 18.9 Å². The van der Waals surface area contributed by atoms with Crippen LogP contribution in [0.5, 0.6) is 5.75 Å². The van der Waals surface area contributed by atoms with E-state index >= 15 is 0 Å². The maximum absolute atomic E-state index is 12.0. The van der Waals surface area contributed by atoms with Gasteiger partial charge in [0.15, 0.2) is 6.61 Å². The summed E-state index contributed by atoms with van der Waals surface area (Å²) in [7, 11) is 0. The standard InChI is InChI=1S/C19H21ClN4O3/c1-14(25)23-8-10-24(11-9-23)18-7-4-16(12-21-18)22-19(26)13-27-17-5-2-15(20)3-6-17/h2-7,12H,8-11,13H2,1H3,(H,22,26). The van der Waals surface area contributed by atoms with Crippen molar-refractivity contribution in [3.63, 3.8) is 0 Å². The Morgan fingerprint density at radius 3 is 2.41 bits per heavy atom. The van der Waals surface area contributed by atoms with Gasteiger partial charge in [-0.15, -0.1) is 0 Å². The zero-order chi connectivity index (χ0) is 19.2. The molecule has 7 nitrogen and oxygen atoms in total. The van der Waals surface area contributed by atoms with Gasteiger partial charge < -0.3 is 19.9 Å². The maximum atomic E-state index is 12.0. The summed E-state index contributed by atoms with van der Waals surface area (Å²) in [5.41, 5.74) is 0.603. The van der Waals surface area contributed by atoms with Crippen LogP contribution in [0, 0.1) is 0 Å². The molecule has 0 radical (unpaired) electrons. The molecule has 0 saturated carbocycles. The van der Waals surface area contributed by atoms with E-state index in [2.05, 4.69) is 15.2 Å². The number of hydrogen-bond acceptors (Lipinski definition) is 5. The van der Waals surface area contributed by atoms with Gasteiger partial charge in [-0.05, 0) is 36.4 Å². The largest absolute Gasteiger partial charge is 0.484 e. The second kappa shape index (κ2) is 8.73. The second-order valence-corrected chi connectivity index (χ2v) is 6.63. The van der Waals surface area contributed by atoms with Gasteiger partial charge in [0.2, 0.25) is 5.91 Å². The molecule has 1 saturated heterocycles. The summed E-state index contributed by atoms with van der Waals surface area (Å²) >= 11 is 5.81. The number of aromatic nitrogens is 1. The Labute approximate surface area is 162 Å². The van der Waals surface area contributed by atoms with Crippen molar-refractivity contribution in [3.8, 4) is 5.75 Å². The molecule has 2 heterocycles. The van der Waals surface area contributed by atoms with Gasteiger partial charge in [0, 0.05) is 38.1 Å². The highest BCUT2D eigenvalue weighted by Gasteiger charge is 2.19. The monoisotopic (exact) mass is 388 g/mol. The lowest BCUT2D eigenvalue weighted by molar-refractivity contribution is -0.129. The molecule has 1 aliphatic heterocycles. The van der Waals surface area contributed by atoms with Crippen LogP contribution in [0.25, 0.3) is 0 Å². The number of nitrogens with one attached hydrogen (secondary N) is 1. The first kappa shape index (κ1) is 19.0. The van der Waals surface area contributed by atoms with E-state index in [1.807, 2.05) is 11.0 Å². The van der Waals surface area contributed by atoms with Crippen LogP contribution in [0.2, 0.25) is 5.02 Å². The lowest BCUT2D eigenvalue weighted by Gasteiger charge is -2.34. The first-order valence-electron chi connectivity index (χ1n) is 8.66. The number of amides is 2. The average Bonchev–Trinajstić information content (AvgIpc) is 2.68. The number of ether oxygens (including phenoxy) is 1. The van der Waals surface area contributed by atoms with Crippen LogP contribution in [0.3, 0.4) is 0 Å². The van der Waals surface area contributed by atoms with Crippen LogP contribution >= 0.6 is 11.6 Å². The summed E-state index contributed by atoms with van der Waals surface area (Å²) in [6.45, 7) is 4.36. The van der Waals surface area contributed by atoms with E-state index in [4.69, 9.17) is 16.3 Å². The Balaban J connectivity index is 1.48. The van der Waals surface area contributed by atoms with Gasteiger partial charge in [-0.3, -0.25) is 9.59 Å². The highest BCUT2D eigenvalue weighted by Crippen LogP contribution is 2.17. The molecule has 0 bridgehead atoms. The Kier molecular flexibility index (Phi) is 6.13. The van der Waals surface area contributed by atoms with E-state index in [1.165, 1.54) is 0 Å². The fraction of sp³-hybridized carbons (Fsp3) is 0.316. The molecule has 0 atom stereocenters. The molecule has 1 aromatic carbocycles. The minimum Gasteiger partial charge on any atom is -0.484 e. The van der Waals surface area contributed by atoms with Crippen molar-refractivity contribution in [2.24, 2.45) is 0 Å². The molecule has 0 spiro atoms. The lowest BCUT2D eigenvalue weighted by atomic mass is 10.3. The number of halogens is 1. The number of piperazine rings is 1. The van der Waals surface area contributed by atoms with Crippen molar-refractivity contribution in [1.29, 1.82) is 0 Å². The molecule has 142 valence electrons. The Morgan fingerprint density at radius 2 is 1.81 bits per heavy atom. The summed E-state index contributed by atoms with van der Waals surface area (Å²) in [6, 6.07) is 10.5. The van der Waals surface area contributed by atoms with Gasteiger partial charge >= 0.3 is 0 Å². The topological polar surface area (TPSA) is 74.8 Å². The van der Waals surface area contributed by atoms with Crippen molar-refractivity contribution in [2.45, 2.75) is 6.92 Å². The number of anilines is 2. The van der Waals surface area contributed by atoms with Crippen molar-refractivity contribution in [3.05, 3.63) is 47.6 Å². The maximum Gasteiger partial charge on any atom is 0.262 e. The third kappa shape index (κ3) is 5.34. The van der Waals surface area contributed by atoms with E-state index in [1.54, 1.807) is 43.5 Å². The zero-order valence-corrected chi connectivity index (χ0v) is 15.8. The molecule has 8 heteroatoms. The molecule has 1 fully saturated rings. The molecule has 2 aromatic rings. The SMILES string of the molecule is CC(=O)N1CCN(c2ccc(NC(=O)COc3ccc(Cl)cc3)cn2)CC1. The number of benzene rings is 1. The number of carbonyl (C=O) groups is 2. The molecule has 3 rings (SSSR count). The smallest absolute Gasteiger partial charge is 0.262 e. The predicted molar refractivity (Wildman–Crippen MR) is 104 cm³/mol. The van der Waals surface area contributed by atoms with Crippen molar-refractivity contribution in [1.82, 2.24) is 9.88 Å². The summed E-state index contributed by atoms with van der Waals surface area (Å²) < 4.78 is 5.41. The summed E-state index contributed by atoms with van der Waals surface area (Å²) in [4.78, 5) is 31.7. The fourth-order valence-corrected chi connectivity index (χ4v) is 2.90. The molecule has 0 unspecified atom stereocenters. The number of pyridine rings is 1. The second-order valence-electron chi connectivity index (χ2n) is 6.19. The van der Waals surface area contributed by atoms with E-state index in [-0.39, 0.29) is 18.4 Å². The van der Waals surface area contributed by atoms with Crippen LogP contribution in [-0.4, -0.2) is 54.5 Å². The summed E-state index contributed by atoms with van der Waals surface area (Å²) in [6.07, 6.45) is 1.62. The van der Waals surface area contributed by atoms with Gasteiger partial charge in [0.1, 0.15) is 11.6 Å². The third-order valence-electron chi connectivity index (χ3n) is 4.26. The Bertz CT molecular complexity index is 788. The van der Waals surface area contributed by atoms with Gasteiger partial charge in [-0.2, -0.15) is 0 Å². The Morgan fingerprint density at radius 1 is 1.11 bits per heavy atom.